The van der Waals surface area contributed by atoms with Crippen molar-refractivity contribution in [3.8, 4) is 6.07 Å². The summed E-state index contributed by atoms with van der Waals surface area (Å²) in [5.74, 6) is 0.796. The number of halogens is 1. The van der Waals surface area contributed by atoms with E-state index in [1.165, 1.54) is 25.7 Å². The summed E-state index contributed by atoms with van der Waals surface area (Å²) in [5, 5.41) is 12.4. The maximum absolute atomic E-state index is 8.86. The predicted octanol–water partition coefficient (Wildman–Crippen LogP) is 4.31. The Balaban J connectivity index is 2.03. The van der Waals surface area contributed by atoms with Crippen molar-refractivity contribution in [1.29, 1.82) is 5.26 Å². The minimum atomic E-state index is 0.511. The van der Waals surface area contributed by atoms with E-state index in [2.05, 4.69) is 34.2 Å². The molecule has 0 amide bonds. The summed E-state index contributed by atoms with van der Waals surface area (Å²) >= 11 is 3.42. The van der Waals surface area contributed by atoms with Crippen molar-refractivity contribution in [2.24, 2.45) is 5.92 Å². The molecule has 1 aromatic rings. The van der Waals surface area contributed by atoms with Crippen LogP contribution >= 0.6 is 15.9 Å². The SMILES string of the molecule is CC(Nc1ccc(C#N)c(Br)c1)C1CCCC1. The number of benzene rings is 1. The molecule has 1 unspecified atom stereocenters. The highest BCUT2D eigenvalue weighted by Gasteiger charge is 2.21. The molecule has 3 heteroatoms. The van der Waals surface area contributed by atoms with Gasteiger partial charge in [0, 0.05) is 16.2 Å². The van der Waals surface area contributed by atoms with Gasteiger partial charge in [-0.1, -0.05) is 12.8 Å². The fourth-order valence-corrected chi connectivity index (χ4v) is 3.00. The largest absolute Gasteiger partial charge is 0.382 e. The molecule has 1 saturated carbocycles. The third kappa shape index (κ3) is 3.01. The fraction of sp³-hybridized carbons (Fsp3) is 0.500. The molecule has 0 radical (unpaired) electrons. The molecular weight excluding hydrogens is 276 g/mol. The van der Waals surface area contributed by atoms with Gasteiger partial charge in [0.05, 0.1) is 5.56 Å². The van der Waals surface area contributed by atoms with Crippen LogP contribution < -0.4 is 5.32 Å². The second-order valence-corrected chi connectivity index (χ2v) is 5.64. The van der Waals surface area contributed by atoms with Gasteiger partial charge >= 0.3 is 0 Å². The minimum Gasteiger partial charge on any atom is -0.382 e. The standard InChI is InChI=1S/C14H17BrN2/c1-10(11-4-2-3-5-11)17-13-7-6-12(9-16)14(15)8-13/h6-8,10-11,17H,2-5H2,1H3. The van der Waals surface area contributed by atoms with Gasteiger partial charge in [0.25, 0.3) is 0 Å². The molecule has 0 saturated heterocycles. The summed E-state index contributed by atoms with van der Waals surface area (Å²) in [6, 6.07) is 8.49. The zero-order valence-electron chi connectivity index (χ0n) is 10.0. The second-order valence-electron chi connectivity index (χ2n) is 4.78. The number of nitrogens with zero attached hydrogens (tertiary/aromatic N) is 1. The van der Waals surface area contributed by atoms with Crippen LogP contribution in [0, 0.1) is 17.2 Å². The Labute approximate surface area is 111 Å². The summed E-state index contributed by atoms with van der Waals surface area (Å²) in [4.78, 5) is 0. The molecule has 1 N–H and O–H groups in total. The van der Waals surface area contributed by atoms with Crippen molar-refractivity contribution in [2.75, 3.05) is 5.32 Å². The van der Waals surface area contributed by atoms with Crippen LogP contribution in [0.15, 0.2) is 22.7 Å². The van der Waals surface area contributed by atoms with Crippen LogP contribution in [0.4, 0.5) is 5.69 Å². The topological polar surface area (TPSA) is 35.8 Å². The second kappa shape index (κ2) is 5.55. The van der Waals surface area contributed by atoms with Gasteiger partial charge in [-0.15, -0.1) is 0 Å². The van der Waals surface area contributed by atoms with E-state index in [-0.39, 0.29) is 0 Å². The van der Waals surface area contributed by atoms with Gasteiger partial charge in [0.15, 0.2) is 0 Å². The number of rotatable bonds is 3. The summed E-state index contributed by atoms with van der Waals surface area (Å²) in [7, 11) is 0. The van der Waals surface area contributed by atoms with Gasteiger partial charge in [-0.25, -0.2) is 0 Å². The van der Waals surface area contributed by atoms with E-state index in [0.717, 1.165) is 16.1 Å². The Morgan fingerprint density at radius 2 is 2.12 bits per heavy atom. The van der Waals surface area contributed by atoms with Gasteiger partial charge in [0.1, 0.15) is 6.07 Å². The molecule has 17 heavy (non-hydrogen) atoms. The van der Waals surface area contributed by atoms with Crippen LogP contribution in [-0.4, -0.2) is 6.04 Å². The van der Waals surface area contributed by atoms with Crippen LogP contribution in [0.1, 0.15) is 38.2 Å². The highest BCUT2D eigenvalue weighted by molar-refractivity contribution is 9.10. The maximum Gasteiger partial charge on any atom is 0.100 e. The monoisotopic (exact) mass is 292 g/mol. The Hall–Kier alpha value is -1.01. The van der Waals surface area contributed by atoms with Crippen LogP contribution in [0.25, 0.3) is 0 Å². The molecule has 2 rings (SSSR count). The Kier molecular flexibility index (Phi) is 4.06. The molecule has 2 nitrogen and oxygen atoms in total. The van der Waals surface area contributed by atoms with Gasteiger partial charge in [-0.3, -0.25) is 0 Å². The van der Waals surface area contributed by atoms with E-state index >= 15 is 0 Å². The van der Waals surface area contributed by atoms with Crippen molar-refractivity contribution in [1.82, 2.24) is 0 Å². The predicted molar refractivity (Wildman–Crippen MR) is 73.9 cm³/mol. The first kappa shape index (κ1) is 12.4. The minimum absolute atomic E-state index is 0.511. The van der Waals surface area contributed by atoms with Gasteiger partial charge in [-0.05, 0) is 59.8 Å². The molecule has 1 aliphatic rings. The van der Waals surface area contributed by atoms with E-state index in [1.807, 2.05) is 18.2 Å². The van der Waals surface area contributed by atoms with E-state index in [9.17, 15) is 0 Å². The van der Waals surface area contributed by atoms with Crippen molar-refractivity contribution in [3.05, 3.63) is 28.2 Å². The maximum atomic E-state index is 8.86. The molecule has 0 aliphatic heterocycles. The molecule has 1 fully saturated rings. The molecule has 0 heterocycles. The van der Waals surface area contributed by atoms with Crippen LogP contribution in [0.3, 0.4) is 0 Å². The van der Waals surface area contributed by atoms with Crippen LogP contribution in [-0.2, 0) is 0 Å². The first-order valence-corrected chi connectivity index (χ1v) is 6.96. The number of nitriles is 1. The fourth-order valence-electron chi connectivity index (χ4n) is 2.53. The Bertz CT molecular complexity index is 430. The number of anilines is 1. The van der Waals surface area contributed by atoms with Crippen molar-refractivity contribution in [2.45, 2.75) is 38.6 Å². The van der Waals surface area contributed by atoms with E-state index in [0.29, 0.717) is 11.6 Å². The normalized spacial score (nSPS) is 17.7. The van der Waals surface area contributed by atoms with E-state index in [1.54, 1.807) is 0 Å². The number of nitrogens with one attached hydrogen (secondary N) is 1. The summed E-state index contributed by atoms with van der Waals surface area (Å²) in [6.45, 7) is 2.25. The molecule has 0 spiro atoms. The quantitative estimate of drug-likeness (QED) is 0.901. The third-order valence-electron chi connectivity index (χ3n) is 3.59. The third-order valence-corrected chi connectivity index (χ3v) is 4.25. The number of hydrogen-bond acceptors (Lipinski definition) is 2. The molecule has 1 aromatic carbocycles. The average molecular weight is 293 g/mol. The Morgan fingerprint density at radius 1 is 1.41 bits per heavy atom. The lowest BCUT2D eigenvalue weighted by Crippen LogP contribution is -2.23. The highest BCUT2D eigenvalue weighted by Crippen LogP contribution is 2.30. The summed E-state index contributed by atoms with van der Waals surface area (Å²) in [6.07, 6.45) is 5.42. The molecule has 1 atom stereocenters. The lowest BCUT2D eigenvalue weighted by molar-refractivity contribution is 0.482. The molecule has 1 aliphatic carbocycles. The lowest BCUT2D eigenvalue weighted by atomic mass is 9.99. The summed E-state index contributed by atoms with van der Waals surface area (Å²) in [5.41, 5.74) is 1.78. The molecular formula is C14H17BrN2. The molecule has 0 bridgehead atoms. The molecule has 90 valence electrons. The summed E-state index contributed by atoms with van der Waals surface area (Å²) < 4.78 is 0.864. The number of hydrogen-bond donors (Lipinski definition) is 1. The van der Waals surface area contributed by atoms with Gasteiger partial charge in [-0.2, -0.15) is 5.26 Å². The first-order chi connectivity index (χ1) is 8.20. The smallest absolute Gasteiger partial charge is 0.100 e. The van der Waals surface area contributed by atoms with Gasteiger partial charge < -0.3 is 5.32 Å². The zero-order valence-corrected chi connectivity index (χ0v) is 11.6. The van der Waals surface area contributed by atoms with Crippen LogP contribution in [0.5, 0.6) is 0 Å². The first-order valence-electron chi connectivity index (χ1n) is 6.17. The average Bonchev–Trinajstić information content (AvgIpc) is 2.82. The van der Waals surface area contributed by atoms with E-state index < -0.39 is 0 Å². The van der Waals surface area contributed by atoms with E-state index in [4.69, 9.17) is 5.26 Å². The lowest BCUT2D eigenvalue weighted by Gasteiger charge is -2.21. The van der Waals surface area contributed by atoms with Gasteiger partial charge in [0.2, 0.25) is 0 Å². The van der Waals surface area contributed by atoms with Crippen molar-refractivity contribution < 1.29 is 0 Å². The Morgan fingerprint density at radius 3 is 2.71 bits per heavy atom. The van der Waals surface area contributed by atoms with Crippen LogP contribution in [0.2, 0.25) is 0 Å². The highest BCUT2D eigenvalue weighted by atomic mass is 79.9. The van der Waals surface area contributed by atoms with Crippen molar-refractivity contribution >= 4 is 21.6 Å². The molecule has 0 aromatic heterocycles. The zero-order chi connectivity index (χ0) is 12.3. The van der Waals surface area contributed by atoms with Crippen molar-refractivity contribution in [3.63, 3.8) is 0 Å².